The number of hydrogen-bond acceptors (Lipinski definition) is 8. The van der Waals surface area contributed by atoms with Crippen molar-refractivity contribution in [3.63, 3.8) is 0 Å². The van der Waals surface area contributed by atoms with Gasteiger partial charge in [0.1, 0.15) is 0 Å². The van der Waals surface area contributed by atoms with Crippen LogP contribution in [0.15, 0.2) is 55.0 Å². The maximum atomic E-state index is 12.7. The second kappa shape index (κ2) is 9.17. The molecule has 1 aliphatic rings. The summed E-state index contributed by atoms with van der Waals surface area (Å²) in [6, 6.07) is 11.1. The molecule has 1 saturated heterocycles. The number of nitrogens with zero attached hydrogens (tertiary/aromatic N) is 6. The number of carbonyl (C=O) groups excluding carboxylic acids is 1. The first-order valence-electron chi connectivity index (χ1n) is 9.87. The highest BCUT2D eigenvalue weighted by atomic mass is 16.5. The van der Waals surface area contributed by atoms with Gasteiger partial charge in [0, 0.05) is 44.6 Å². The van der Waals surface area contributed by atoms with Gasteiger partial charge in [-0.2, -0.15) is 0 Å². The fourth-order valence-electron chi connectivity index (χ4n) is 3.21. The van der Waals surface area contributed by atoms with Gasteiger partial charge in [-0.25, -0.2) is 4.98 Å². The van der Waals surface area contributed by atoms with Gasteiger partial charge < -0.3 is 19.9 Å². The smallest absolute Gasteiger partial charge is 0.255 e. The van der Waals surface area contributed by atoms with Gasteiger partial charge in [0.15, 0.2) is 11.6 Å². The van der Waals surface area contributed by atoms with Gasteiger partial charge in [0.05, 0.1) is 24.1 Å². The number of amides is 1. The molecule has 4 rings (SSSR count). The van der Waals surface area contributed by atoms with Gasteiger partial charge in [0.25, 0.3) is 5.91 Å². The molecule has 3 aromatic heterocycles. The van der Waals surface area contributed by atoms with Gasteiger partial charge in [-0.15, -0.1) is 10.2 Å². The van der Waals surface area contributed by atoms with E-state index in [4.69, 9.17) is 4.74 Å². The molecule has 0 aliphatic carbocycles. The van der Waals surface area contributed by atoms with Crippen molar-refractivity contribution in [3.05, 3.63) is 60.6 Å². The molecule has 4 heterocycles. The predicted octanol–water partition coefficient (Wildman–Crippen LogP) is 2.37. The molecule has 1 fully saturated rings. The number of ether oxygens (including phenoxy) is 1. The zero-order valence-corrected chi connectivity index (χ0v) is 16.7. The average Bonchev–Trinajstić information content (AvgIpc) is 2.81. The largest absolute Gasteiger partial charge is 0.478 e. The van der Waals surface area contributed by atoms with E-state index in [2.05, 4.69) is 30.4 Å². The van der Waals surface area contributed by atoms with Crippen LogP contribution in [0.1, 0.15) is 17.3 Å². The van der Waals surface area contributed by atoms with E-state index in [1.54, 1.807) is 30.7 Å². The molecule has 1 aliphatic heterocycles. The van der Waals surface area contributed by atoms with Crippen molar-refractivity contribution in [2.24, 2.45) is 0 Å². The zero-order chi connectivity index (χ0) is 20.8. The summed E-state index contributed by atoms with van der Waals surface area (Å²) in [5, 5.41) is 11.7. The third-order valence-corrected chi connectivity index (χ3v) is 4.75. The molecule has 3 aromatic rings. The highest BCUT2D eigenvalue weighted by Crippen LogP contribution is 2.18. The molecular formula is C21H23N7O2. The molecule has 0 bridgehead atoms. The van der Waals surface area contributed by atoms with E-state index in [1.807, 2.05) is 36.1 Å². The summed E-state index contributed by atoms with van der Waals surface area (Å²) < 4.78 is 5.33. The average molecular weight is 405 g/mol. The zero-order valence-electron chi connectivity index (χ0n) is 16.7. The first kappa shape index (κ1) is 19.6. The van der Waals surface area contributed by atoms with Crippen LogP contribution in [-0.4, -0.2) is 63.8 Å². The number of rotatable bonds is 6. The molecule has 9 nitrogen and oxygen atoms in total. The van der Waals surface area contributed by atoms with E-state index in [9.17, 15) is 4.79 Å². The molecule has 1 amide bonds. The Balaban J connectivity index is 1.32. The van der Waals surface area contributed by atoms with Crippen molar-refractivity contribution in [2.45, 2.75) is 6.92 Å². The third-order valence-electron chi connectivity index (χ3n) is 4.75. The van der Waals surface area contributed by atoms with Gasteiger partial charge in [-0.1, -0.05) is 0 Å². The van der Waals surface area contributed by atoms with Crippen LogP contribution in [0.25, 0.3) is 0 Å². The van der Waals surface area contributed by atoms with Gasteiger partial charge in [-0.3, -0.25) is 9.78 Å². The highest BCUT2D eigenvalue weighted by Gasteiger charge is 2.23. The predicted molar refractivity (Wildman–Crippen MR) is 113 cm³/mol. The normalized spacial score (nSPS) is 13.8. The molecule has 0 atom stereocenters. The van der Waals surface area contributed by atoms with E-state index in [0.29, 0.717) is 50.0 Å². The van der Waals surface area contributed by atoms with Crippen LogP contribution in [0.3, 0.4) is 0 Å². The monoisotopic (exact) mass is 405 g/mol. The Morgan fingerprint density at radius 1 is 1.07 bits per heavy atom. The topological polar surface area (TPSA) is 96.4 Å². The van der Waals surface area contributed by atoms with Crippen molar-refractivity contribution in [2.75, 3.05) is 43.0 Å². The number of pyridine rings is 2. The van der Waals surface area contributed by atoms with E-state index in [1.165, 1.54) is 0 Å². The Kier molecular flexibility index (Phi) is 5.98. The molecule has 0 unspecified atom stereocenters. The highest BCUT2D eigenvalue weighted by molar-refractivity contribution is 5.94. The number of carbonyl (C=O) groups is 1. The Morgan fingerprint density at radius 3 is 2.57 bits per heavy atom. The third kappa shape index (κ3) is 4.62. The van der Waals surface area contributed by atoms with Crippen LogP contribution in [0, 0.1) is 0 Å². The molecular weight excluding hydrogens is 382 g/mol. The molecule has 9 heteroatoms. The lowest BCUT2D eigenvalue weighted by atomic mass is 10.2. The van der Waals surface area contributed by atoms with Crippen molar-refractivity contribution < 1.29 is 9.53 Å². The van der Waals surface area contributed by atoms with Gasteiger partial charge in [-0.05, 0) is 37.3 Å². The first-order valence-corrected chi connectivity index (χ1v) is 9.87. The van der Waals surface area contributed by atoms with Crippen LogP contribution in [0.4, 0.5) is 17.3 Å². The molecule has 0 spiro atoms. The molecule has 154 valence electrons. The summed E-state index contributed by atoms with van der Waals surface area (Å²) >= 11 is 0. The molecule has 0 aromatic carbocycles. The van der Waals surface area contributed by atoms with Crippen molar-refractivity contribution in [3.8, 4) is 5.88 Å². The second-order valence-electron chi connectivity index (χ2n) is 6.74. The molecule has 0 radical (unpaired) electrons. The van der Waals surface area contributed by atoms with E-state index in [-0.39, 0.29) is 5.91 Å². The van der Waals surface area contributed by atoms with E-state index < -0.39 is 0 Å². The van der Waals surface area contributed by atoms with E-state index in [0.717, 1.165) is 11.5 Å². The first-order chi connectivity index (χ1) is 14.7. The molecule has 30 heavy (non-hydrogen) atoms. The summed E-state index contributed by atoms with van der Waals surface area (Å²) in [6.45, 7) is 5.06. The van der Waals surface area contributed by atoms with Crippen LogP contribution in [-0.2, 0) is 0 Å². The fraction of sp³-hybridized carbons (Fsp3) is 0.286. The van der Waals surface area contributed by atoms with Crippen LogP contribution in [0.2, 0.25) is 0 Å². The summed E-state index contributed by atoms with van der Waals surface area (Å²) in [7, 11) is 0. The molecule has 1 N–H and O–H groups in total. The minimum atomic E-state index is -0.0210. The Morgan fingerprint density at radius 2 is 1.93 bits per heavy atom. The summed E-state index contributed by atoms with van der Waals surface area (Å²) in [5.41, 5.74) is 1.42. The Labute approximate surface area is 174 Å². The van der Waals surface area contributed by atoms with E-state index >= 15 is 0 Å². The number of hydrogen-bond donors (Lipinski definition) is 1. The summed E-state index contributed by atoms with van der Waals surface area (Å²) in [6.07, 6.45) is 5.02. The van der Waals surface area contributed by atoms with Crippen molar-refractivity contribution in [1.82, 2.24) is 25.1 Å². The van der Waals surface area contributed by atoms with Crippen molar-refractivity contribution in [1.29, 1.82) is 0 Å². The van der Waals surface area contributed by atoms with Crippen LogP contribution < -0.4 is 15.0 Å². The maximum absolute atomic E-state index is 12.7. The fourth-order valence-corrected chi connectivity index (χ4v) is 3.21. The number of piperazine rings is 1. The number of aromatic nitrogens is 4. The number of anilines is 3. The second-order valence-corrected chi connectivity index (χ2v) is 6.74. The minimum absolute atomic E-state index is 0.0210. The van der Waals surface area contributed by atoms with Crippen LogP contribution in [0.5, 0.6) is 5.88 Å². The summed E-state index contributed by atoms with van der Waals surface area (Å²) in [4.78, 5) is 24.9. The minimum Gasteiger partial charge on any atom is -0.478 e. The Hall–Kier alpha value is -3.75. The van der Waals surface area contributed by atoms with Gasteiger partial charge >= 0.3 is 0 Å². The van der Waals surface area contributed by atoms with Crippen LogP contribution >= 0.6 is 0 Å². The quantitative estimate of drug-likeness (QED) is 0.668. The lowest BCUT2D eigenvalue weighted by Crippen LogP contribution is -2.49. The summed E-state index contributed by atoms with van der Waals surface area (Å²) in [5.74, 6) is 1.95. The molecule has 0 saturated carbocycles. The number of nitrogens with one attached hydrogen (secondary N) is 1. The standard InChI is InChI=1S/C21H23N7O2/c1-2-30-20-8-5-16(14-23-20)21(29)28-12-10-27(11-13-28)19-7-6-18(25-26-19)24-17-4-3-9-22-15-17/h3-9,14-15H,2,10-13H2,1H3,(H,24,25). The Bertz CT molecular complexity index is 957. The SMILES string of the molecule is CCOc1ccc(C(=O)N2CCN(c3ccc(Nc4cccnc4)nn3)CC2)cn1. The van der Waals surface area contributed by atoms with Crippen molar-refractivity contribution >= 4 is 23.2 Å². The van der Waals surface area contributed by atoms with Gasteiger partial charge in [0.2, 0.25) is 5.88 Å². The maximum Gasteiger partial charge on any atom is 0.255 e. The lowest BCUT2D eigenvalue weighted by molar-refractivity contribution is 0.0746. The lowest BCUT2D eigenvalue weighted by Gasteiger charge is -2.35.